The molecule has 1 amide bonds. The van der Waals surface area contributed by atoms with Crippen LogP contribution in [0.15, 0.2) is 24.3 Å². The van der Waals surface area contributed by atoms with E-state index in [0.717, 1.165) is 36.3 Å². The fourth-order valence-corrected chi connectivity index (χ4v) is 4.41. The van der Waals surface area contributed by atoms with E-state index in [0.29, 0.717) is 12.3 Å². The van der Waals surface area contributed by atoms with Gasteiger partial charge in [0.1, 0.15) is 0 Å². The zero-order chi connectivity index (χ0) is 17.4. The van der Waals surface area contributed by atoms with Crippen LogP contribution >= 0.6 is 0 Å². The largest absolute Gasteiger partial charge is 0.372 e. The predicted molar refractivity (Wildman–Crippen MR) is 101 cm³/mol. The van der Waals surface area contributed by atoms with Gasteiger partial charge in [0.25, 0.3) is 0 Å². The van der Waals surface area contributed by atoms with Crippen molar-refractivity contribution in [1.82, 2.24) is 0 Å². The van der Waals surface area contributed by atoms with Crippen LogP contribution in [0.3, 0.4) is 0 Å². The van der Waals surface area contributed by atoms with Gasteiger partial charge in [-0.15, -0.1) is 0 Å². The molecule has 1 heterocycles. The van der Waals surface area contributed by atoms with Crippen molar-refractivity contribution in [2.75, 3.05) is 23.3 Å². The maximum Gasteiger partial charge on any atom is 0.224 e. The van der Waals surface area contributed by atoms with E-state index in [1.54, 1.807) is 0 Å². The van der Waals surface area contributed by atoms with E-state index in [-0.39, 0.29) is 18.1 Å². The van der Waals surface area contributed by atoms with Crippen LogP contribution in [-0.2, 0) is 9.53 Å². The summed E-state index contributed by atoms with van der Waals surface area (Å²) in [5, 5.41) is 3.21. The number of nitrogens with one attached hydrogen (secondary N) is 1. The quantitative estimate of drug-likeness (QED) is 0.847. The lowest BCUT2D eigenvalue weighted by Gasteiger charge is -2.37. The van der Waals surface area contributed by atoms with Gasteiger partial charge in [-0.05, 0) is 69.4 Å². The third kappa shape index (κ3) is 4.17. The van der Waals surface area contributed by atoms with Crippen molar-refractivity contribution in [3.8, 4) is 0 Å². The van der Waals surface area contributed by atoms with E-state index >= 15 is 0 Å². The number of amides is 1. The van der Waals surface area contributed by atoms with Crippen LogP contribution < -0.4 is 10.2 Å². The molecular formula is C21H30N2O2. The lowest BCUT2D eigenvalue weighted by Crippen LogP contribution is -2.45. The lowest BCUT2D eigenvalue weighted by molar-refractivity contribution is -0.117. The van der Waals surface area contributed by atoms with Crippen molar-refractivity contribution >= 4 is 17.3 Å². The number of benzene rings is 1. The Bertz CT molecular complexity index is 602. The molecule has 0 bridgehead atoms. The Hall–Kier alpha value is -1.55. The monoisotopic (exact) mass is 342 g/mol. The molecule has 1 saturated heterocycles. The standard InChI is InChI=1S/C21H30N2O2/c1-14-12-23(13-15(2)25-14)20-6-4-3-5-19(20)22-21(24)11-18(16-7-8-16)17-9-10-17/h3-6,14-18H,7-13H2,1-2H3,(H,22,24)/t14-,15+. The highest BCUT2D eigenvalue weighted by Crippen LogP contribution is 2.50. The minimum Gasteiger partial charge on any atom is -0.372 e. The van der Waals surface area contributed by atoms with Crippen LogP contribution in [0.5, 0.6) is 0 Å². The molecule has 1 N–H and O–H groups in total. The van der Waals surface area contributed by atoms with Gasteiger partial charge < -0.3 is 15.0 Å². The average Bonchev–Trinajstić information content (AvgIpc) is 3.46. The predicted octanol–water partition coefficient (Wildman–Crippen LogP) is 4.07. The Morgan fingerprint density at radius 1 is 1.12 bits per heavy atom. The molecule has 0 aromatic heterocycles. The van der Waals surface area contributed by atoms with Crippen molar-refractivity contribution in [3.05, 3.63) is 24.3 Å². The molecule has 3 aliphatic rings. The Balaban J connectivity index is 1.44. The summed E-state index contributed by atoms with van der Waals surface area (Å²) in [6.45, 7) is 5.95. The van der Waals surface area contributed by atoms with Gasteiger partial charge in [0.05, 0.1) is 23.6 Å². The van der Waals surface area contributed by atoms with Crippen LogP contribution in [0.2, 0.25) is 0 Å². The van der Waals surface area contributed by atoms with Gasteiger partial charge in [0.15, 0.2) is 0 Å². The first-order valence-corrected chi connectivity index (χ1v) is 9.89. The summed E-state index contributed by atoms with van der Waals surface area (Å²) in [5.74, 6) is 2.44. The number of carbonyl (C=O) groups excluding carboxylic acids is 1. The number of ether oxygens (including phenoxy) is 1. The molecule has 0 radical (unpaired) electrons. The van der Waals surface area contributed by atoms with Crippen LogP contribution in [0.1, 0.15) is 46.0 Å². The van der Waals surface area contributed by atoms with Crippen LogP contribution in [-0.4, -0.2) is 31.2 Å². The average molecular weight is 342 g/mol. The van der Waals surface area contributed by atoms with E-state index in [1.807, 2.05) is 18.2 Å². The molecule has 3 fully saturated rings. The fourth-order valence-electron chi connectivity index (χ4n) is 4.41. The Morgan fingerprint density at radius 2 is 1.72 bits per heavy atom. The minimum atomic E-state index is 0.186. The number of rotatable bonds is 6. The molecule has 2 atom stereocenters. The van der Waals surface area contributed by atoms with Crippen molar-refractivity contribution in [3.63, 3.8) is 0 Å². The van der Waals surface area contributed by atoms with Crippen molar-refractivity contribution in [2.45, 2.75) is 58.2 Å². The van der Waals surface area contributed by atoms with Gasteiger partial charge in [0.2, 0.25) is 5.91 Å². The van der Waals surface area contributed by atoms with Crippen molar-refractivity contribution in [2.24, 2.45) is 17.8 Å². The van der Waals surface area contributed by atoms with Gasteiger partial charge in [-0.2, -0.15) is 0 Å². The van der Waals surface area contributed by atoms with Gasteiger partial charge in [0, 0.05) is 19.5 Å². The molecule has 1 aliphatic heterocycles. The number of para-hydroxylation sites is 2. The number of anilines is 2. The minimum absolute atomic E-state index is 0.186. The fraction of sp³-hybridized carbons (Fsp3) is 0.667. The lowest BCUT2D eigenvalue weighted by atomic mass is 9.94. The molecule has 4 rings (SSSR count). The van der Waals surface area contributed by atoms with Crippen LogP contribution in [0, 0.1) is 17.8 Å². The molecule has 1 aromatic carbocycles. The highest BCUT2D eigenvalue weighted by atomic mass is 16.5. The first-order valence-electron chi connectivity index (χ1n) is 9.89. The Labute approximate surface area is 150 Å². The second-order valence-electron chi connectivity index (χ2n) is 8.27. The number of hydrogen-bond acceptors (Lipinski definition) is 3. The summed E-state index contributed by atoms with van der Waals surface area (Å²) in [4.78, 5) is 15.0. The molecule has 2 aliphatic carbocycles. The molecule has 4 heteroatoms. The van der Waals surface area contributed by atoms with Crippen molar-refractivity contribution < 1.29 is 9.53 Å². The topological polar surface area (TPSA) is 41.6 Å². The van der Waals surface area contributed by atoms with Crippen molar-refractivity contribution in [1.29, 1.82) is 0 Å². The number of morpholine rings is 1. The number of nitrogens with zero attached hydrogens (tertiary/aromatic N) is 1. The maximum atomic E-state index is 12.7. The highest BCUT2D eigenvalue weighted by molar-refractivity contribution is 5.94. The van der Waals surface area contributed by atoms with Gasteiger partial charge in [-0.25, -0.2) is 0 Å². The molecule has 1 aromatic rings. The summed E-state index contributed by atoms with van der Waals surface area (Å²) < 4.78 is 5.85. The summed E-state index contributed by atoms with van der Waals surface area (Å²) >= 11 is 0. The molecular weight excluding hydrogens is 312 g/mol. The molecule has 136 valence electrons. The van der Waals surface area contributed by atoms with Crippen LogP contribution in [0.25, 0.3) is 0 Å². The molecule has 0 unspecified atom stereocenters. The zero-order valence-electron chi connectivity index (χ0n) is 15.4. The Morgan fingerprint density at radius 3 is 2.32 bits per heavy atom. The van der Waals surface area contributed by atoms with Crippen LogP contribution in [0.4, 0.5) is 11.4 Å². The molecule has 25 heavy (non-hydrogen) atoms. The summed E-state index contributed by atoms with van der Waals surface area (Å²) in [5.41, 5.74) is 2.06. The van der Waals surface area contributed by atoms with Gasteiger partial charge in [-0.3, -0.25) is 4.79 Å². The number of hydrogen-bond donors (Lipinski definition) is 1. The van der Waals surface area contributed by atoms with E-state index in [9.17, 15) is 4.79 Å². The van der Waals surface area contributed by atoms with E-state index < -0.39 is 0 Å². The summed E-state index contributed by atoms with van der Waals surface area (Å²) in [6.07, 6.45) is 6.43. The third-order valence-corrected chi connectivity index (χ3v) is 5.81. The van der Waals surface area contributed by atoms with Gasteiger partial charge >= 0.3 is 0 Å². The second-order valence-corrected chi connectivity index (χ2v) is 8.27. The summed E-state index contributed by atoms with van der Waals surface area (Å²) in [7, 11) is 0. The smallest absolute Gasteiger partial charge is 0.224 e. The van der Waals surface area contributed by atoms with E-state index in [2.05, 4.69) is 30.1 Å². The van der Waals surface area contributed by atoms with E-state index in [1.165, 1.54) is 25.7 Å². The van der Waals surface area contributed by atoms with Gasteiger partial charge in [-0.1, -0.05) is 12.1 Å². The zero-order valence-corrected chi connectivity index (χ0v) is 15.4. The first-order chi connectivity index (χ1) is 12.1. The SMILES string of the molecule is C[C@@H]1CN(c2ccccc2NC(=O)CC(C2CC2)C2CC2)C[C@H](C)O1. The Kier molecular flexibility index (Phi) is 4.72. The third-order valence-electron chi connectivity index (χ3n) is 5.81. The van der Waals surface area contributed by atoms with E-state index in [4.69, 9.17) is 4.74 Å². The maximum absolute atomic E-state index is 12.7. The first kappa shape index (κ1) is 16.9. The molecule has 2 saturated carbocycles. The molecule has 0 spiro atoms. The molecule has 4 nitrogen and oxygen atoms in total. The second kappa shape index (κ2) is 6.99. The number of carbonyl (C=O) groups is 1. The summed E-state index contributed by atoms with van der Waals surface area (Å²) in [6, 6.07) is 8.19. The highest BCUT2D eigenvalue weighted by Gasteiger charge is 2.42. The normalized spacial score (nSPS) is 26.8.